The normalized spacial score (nSPS) is 20.9. The van der Waals surface area contributed by atoms with Crippen LogP contribution in [0.3, 0.4) is 0 Å². The Morgan fingerprint density at radius 2 is 1.86 bits per heavy atom. The predicted octanol–water partition coefficient (Wildman–Crippen LogP) is 4.23. The van der Waals surface area contributed by atoms with Crippen molar-refractivity contribution in [1.29, 1.82) is 0 Å². The van der Waals surface area contributed by atoms with Gasteiger partial charge in [-0.05, 0) is 20.3 Å². The first-order valence-corrected chi connectivity index (χ1v) is 9.07. The SMILES string of the molecule is CCCCCCCCC1(C)SC(=O)C=C1OCC(=O)OCC. The minimum atomic E-state index is -0.394. The summed E-state index contributed by atoms with van der Waals surface area (Å²) in [5, 5.41) is 0.00680. The van der Waals surface area contributed by atoms with Crippen LogP contribution < -0.4 is 0 Å². The summed E-state index contributed by atoms with van der Waals surface area (Å²) >= 11 is 1.30. The van der Waals surface area contributed by atoms with Crippen molar-refractivity contribution in [2.24, 2.45) is 0 Å². The van der Waals surface area contributed by atoms with Crippen molar-refractivity contribution >= 4 is 22.8 Å². The number of hydrogen-bond acceptors (Lipinski definition) is 5. The van der Waals surface area contributed by atoms with Crippen molar-refractivity contribution in [1.82, 2.24) is 0 Å². The van der Waals surface area contributed by atoms with Crippen molar-refractivity contribution in [2.75, 3.05) is 13.2 Å². The molecule has 1 atom stereocenters. The van der Waals surface area contributed by atoms with Crippen molar-refractivity contribution in [3.05, 3.63) is 11.8 Å². The number of thioether (sulfide) groups is 1. The molecular weight excluding hydrogens is 300 g/mol. The second kappa shape index (κ2) is 9.93. The lowest BCUT2D eigenvalue weighted by atomic mass is 9.99. The highest BCUT2D eigenvalue weighted by Gasteiger charge is 2.39. The third kappa shape index (κ3) is 6.42. The summed E-state index contributed by atoms with van der Waals surface area (Å²) in [5.41, 5.74) is 0. The molecule has 0 spiro atoms. The van der Waals surface area contributed by atoms with E-state index in [0.29, 0.717) is 12.4 Å². The molecule has 1 rings (SSSR count). The van der Waals surface area contributed by atoms with E-state index in [9.17, 15) is 9.59 Å². The number of hydrogen-bond donors (Lipinski definition) is 0. The highest BCUT2D eigenvalue weighted by Crippen LogP contribution is 2.44. The van der Waals surface area contributed by atoms with E-state index in [4.69, 9.17) is 9.47 Å². The molecule has 0 aromatic rings. The molecule has 1 aliphatic heterocycles. The molecule has 1 unspecified atom stereocenters. The van der Waals surface area contributed by atoms with E-state index in [1.54, 1.807) is 6.92 Å². The van der Waals surface area contributed by atoms with E-state index in [1.165, 1.54) is 49.9 Å². The van der Waals surface area contributed by atoms with E-state index < -0.39 is 5.97 Å². The van der Waals surface area contributed by atoms with Gasteiger partial charge in [0.05, 0.1) is 11.4 Å². The number of esters is 1. The lowest BCUT2D eigenvalue weighted by Gasteiger charge is -2.25. The Morgan fingerprint density at radius 3 is 2.55 bits per heavy atom. The van der Waals surface area contributed by atoms with Crippen LogP contribution in [0, 0.1) is 0 Å². The van der Waals surface area contributed by atoms with Crippen molar-refractivity contribution in [3.63, 3.8) is 0 Å². The van der Waals surface area contributed by atoms with Crippen LogP contribution in [0.1, 0.15) is 65.7 Å². The number of rotatable bonds is 11. The third-order valence-electron chi connectivity index (χ3n) is 3.75. The first kappa shape index (κ1) is 19.1. The summed E-state index contributed by atoms with van der Waals surface area (Å²) in [6.07, 6.45) is 9.71. The average Bonchev–Trinajstić information content (AvgIpc) is 2.75. The van der Waals surface area contributed by atoms with Crippen LogP contribution in [0.5, 0.6) is 0 Å². The van der Waals surface area contributed by atoms with Crippen LogP contribution in [0.25, 0.3) is 0 Å². The van der Waals surface area contributed by atoms with Gasteiger partial charge in [0.2, 0.25) is 5.12 Å². The van der Waals surface area contributed by atoms with E-state index in [1.807, 2.05) is 6.92 Å². The molecule has 0 amide bonds. The van der Waals surface area contributed by atoms with Crippen molar-refractivity contribution < 1.29 is 19.1 Å². The quantitative estimate of drug-likeness (QED) is 0.419. The standard InChI is InChI=1S/C17H28O4S/c1-4-6-7-8-9-10-11-17(3)14(12-16(19)22-17)21-13-15(18)20-5-2/h12H,4-11,13H2,1-3H3. The zero-order valence-corrected chi connectivity index (χ0v) is 14.8. The second-order valence-electron chi connectivity index (χ2n) is 5.77. The van der Waals surface area contributed by atoms with Gasteiger partial charge in [-0.25, -0.2) is 4.79 Å². The molecule has 0 saturated heterocycles. The fraction of sp³-hybridized carbons (Fsp3) is 0.765. The summed E-state index contributed by atoms with van der Waals surface area (Å²) in [6, 6.07) is 0. The Balaban J connectivity index is 2.40. The number of carbonyl (C=O) groups is 2. The van der Waals surface area contributed by atoms with Crippen molar-refractivity contribution in [2.45, 2.75) is 70.5 Å². The van der Waals surface area contributed by atoms with Gasteiger partial charge in [-0.2, -0.15) is 0 Å². The zero-order valence-electron chi connectivity index (χ0n) is 14.0. The van der Waals surface area contributed by atoms with E-state index in [2.05, 4.69) is 6.92 Å². The summed E-state index contributed by atoms with van der Waals surface area (Å²) in [7, 11) is 0. The molecule has 5 heteroatoms. The van der Waals surface area contributed by atoms with Gasteiger partial charge >= 0.3 is 5.97 Å². The second-order valence-corrected chi connectivity index (χ2v) is 7.28. The lowest BCUT2D eigenvalue weighted by Crippen LogP contribution is -2.24. The minimum Gasteiger partial charge on any atom is -0.485 e. The van der Waals surface area contributed by atoms with Gasteiger partial charge in [-0.1, -0.05) is 57.2 Å². The highest BCUT2D eigenvalue weighted by molar-refractivity contribution is 8.15. The van der Waals surface area contributed by atoms with Crippen LogP contribution >= 0.6 is 11.8 Å². The molecule has 0 aliphatic carbocycles. The largest absolute Gasteiger partial charge is 0.485 e. The molecule has 0 aromatic heterocycles. The van der Waals surface area contributed by atoms with E-state index in [0.717, 1.165) is 12.8 Å². The molecule has 0 aromatic carbocycles. The van der Waals surface area contributed by atoms with Crippen LogP contribution in [0.2, 0.25) is 0 Å². The van der Waals surface area contributed by atoms with Crippen LogP contribution in [0.15, 0.2) is 11.8 Å². The average molecular weight is 328 g/mol. The Kier molecular flexibility index (Phi) is 8.61. The lowest BCUT2D eigenvalue weighted by molar-refractivity contribution is -0.147. The molecule has 0 saturated carbocycles. The fourth-order valence-corrected chi connectivity index (χ4v) is 3.59. The predicted molar refractivity (Wildman–Crippen MR) is 89.7 cm³/mol. The smallest absolute Gasteiger partial charge is 0.344 e. The number of carbonyl (C=O) groups excluding carboxylic acids is 2. The molecule has 1 heterocycles. The first-order valence-electron chi connectivity index (χ1n) is 8.25. The van der Waals surface area contributed by atoms with E-state index >= 15 is 0 Å². The van der Waals surface area contributed by atoms with Crippen LogP contribution in [-0.2, 0) is 19.1 Å². The van der Waals surface area contributed by atoms with Gasteiger partial charge in [0.1, 0.15) is 5.76 Å². The molecule has 1 aliphatic rings. The van der Waals surface area contributed by atoms with Gasteiger partial charge in [0.15, 0.2) is 6.61 Å². The van der Waals surface area contributed by atoms with Gasteiger partial charge < -0.3 is 9.47 Å². The van der Waals surface area contributed by atoms with Crippen LogP contribution in [0.4, 0.5) is 0 Å². The third-order valence-corrected chi connectivity index (χ3v) is 4.93. The monoisotopic (exact) mass is 328 g/mol. The number of ether oxygens (including phenoxy) is 2. The molecule has 126 valence electrons. The van der Waals surface area contributed by atoms with Gasteiger partial charge in [0.25, 0.3) is 0 Å². The number of unbranched alkanes of at least 4 members (excludes halogenated alkanes) is 5. The maximum absolute atomic E-state index is 11.7. The van der Waals surface area contributed by atoms with Crippen LogP contribution in [-0.4, -0.2) is 29.0 Å². The summed E-state index contributed by atoms with van der Waals surface area (Å²) in [6.45, 7) is 6.20. The summed E-state index contributed by atoms with van der Waals surface area (Å²) < 4.78 is 10.1. The Hall–Kier alpha value is -0.970. The Labute approximate surface area is 138 Å². The van der Waals surface area contributed by atoms with Gasteiger partial charge in [-0.3, -0.25) is 4.79 Å². The molecule has 0 N–H and O–H groups in total. The molecule has 0 radical (unpaired) electrons. The Morgan fingerprint density at radius 1 is 1.18 bits per heavy atom. The molecule has 4 nitrogen and oxygen atoms in total. The van der Waals surface area contributed by atoms with E-state index in [-0.39, 0.29) is 16.5 Å². The topological polar surface area (TPSA) is 52.6 Å². The molecule has 0 fully saturated rings. The minimum absolute atomic E-state index is 0.00680. The molecule has 0 bridgehead atoms. The maximum atomic E-state index is 11.7. The maximum Gasteiger partial charge on any atom is 0.344 e. The van der Waals surface area contributed by atoms with Crippen molar-refractivity contribution in [3.8, 4) is 0 Å². The zero-order chi connectivity index (χ0) is 16.4. The molecule has 22 heavy (non-hydrogen) atoms. The Bertz CT molecular complexity index is 405. The first-order chi connectivity index (χ1) is 10.5. The van der Waals surface area contributed by atoms with Gasteiger partial charge in [0, 0.05) is 6.08 Å². The highest BCUT2D eigenvalue weighted by atomic mass is 32.2. The summed E-state index contributed by atoms with van der Waals surface area (Å²) in [5.74, 6) is 0.221. The summed E-state index contributed by atoms with van der Waals surface area (Å²) in [4.78, 5) is 23.1. The van der Waals surface area contributed by atoms with Gasteiger partial charge in [-0.15, -0.1) is 0 Å². The fourth-order valence-electron chi connectivity index (χ4n) is 2.51. The molecular formula is C17H28O4S.